The first-order chi connectivity index (χ1) is 13.5. The van der Waals surface area contributed by atoms with E-state index in [-0.39, 0.29) is 5.91 Å². The highest BCUT2D eigenvalue weighted by molar-refractivity contribution is 7.99. The topological polar surface area (TPSA) is 81.2 Å². The van der Waals surface area contributed by atoms with E-state index in [0.29, 0.717) is 22.7 Å². The highest BCUT2D eigenvalue weighted by atomic mass is 32.2. The van der Waals surface area contributed by atoms with Crippen molar-refractivity contribution in [1.82, 2.24) is 9.97 Å². The molecule has 7 heteroatoms. The van der Waals surface area contributed by atoms with Gasteiger partial charge in [0.25, 0.3) is 5.91 Å². The van der Waals surface area contributed by atoms with Crippen LogP contribution in [0, 0.1) is 0 Å². The van der Waals surface area contributed by atoms with Gasteiger partial charge in [0.05, 0.1) is 5.56 Å². The summed E-state index contributed by atoms with van der Waals surface area (Å²) in [6, 6.07) is 16.3. The second kappa shape index (κ2) is 7.44. The molecule has 0 fully saturated rings. The molecule has 0 bridgehead atoms. The van der Waals surface area contributed by atoms with Crippen LogP contribution >= 0.6 is 11.8 Å². The van der Waals surface area contributed by atoms with Crippen LogP contribution in [0.5, 0.6) is 0 Å². The summed E-state index contributed by atoms with van der Waals surface area (Å²) >= 11 is 1.40. The summed E-state index contributed by atoms with van der Waals surface area (Å²) < 4.78 is 5.48. The number of cyclic esters (lactones) is 1. The van der Waals surface area contributed by atoms with Gasteiger partial charge in [0.2, 0.25) is 0 Å². The van der Waals surface area contributed by atoms with Crippen molar-refractivity contribution in [3.05, 3.63) is 78.1 Å². The molecule has 4 rings (SSSR count). The summed E-state index contributed by atoms with van der Waals surface area (Å²) in [6.45, 7) is 1.63. The van der Waals surface area contributed by atoms with E-state index < -0.39 is 11.6 Å². The number of rotatable bonds is 4. The molecule has 1 atom stereocenters. The van der Waals surface area contributed by atoms with Gasteiger partial charge in [0.15, 0.2) is 5.60 Å². The number of carbonyl (C=O) groups is 2. The molecule has 0 saturated carbocycles. The van der Waals surface area contributed by atoms with Crippen molar-refractivity contribution in [1.29, 1.82) is 0 Å². The predicted molar refractivity (Wildman–Crippen MR) is 105 cm³/mol. The third-order valence-corrected chi connectivity index (χ3v) is 5.29. The monoisotopic (exact) mass is 391 g/mol. The van der Waals surface area contributed by atoms with E-state index in [1.54, 1.807) is 43.6 Å². The lowest BCUT2D eigenvalue weighted by molar-refractivity contribution is -0.134. The van der Waals surface area contributed by atoms with Gasteiger partial charge in [-0.05, 0) is 42.8 Å². The quantitative estimate of drug-likeness (QED) is 0.683. The number of carbonyl (C=O) groups excluding carboxylic acids is 2. The Morgan fingerprint density at radius 1 is 1.07 bits per heavy atom. The van der Waals surface area contributed by atoms with Crippen LogP contribution in [0.15, 0.2) is 77.0 Å². The lowest BCUT2D eigenvalue weighted by Gasteiger charge is -2.33. The molecule has 28 heavy (non-hydrogen) atoms. The molecular weight excluding hydrogens is 374 g/mol. The Hall–Kier alpha value is -3.19. The van der Waals surface area contributed by atoms with Gasteiger partial charge >= 0.3 is 5.97 Å². The van der Waals surface area contributed by atoms with Gasteiger partial charge in [0, 0.05) is 24.5 Å². The van der Waals surface area contributed by atoms with E-state index in [1.807, 2.05) is 30.3 Å². The lowest BCUT2D eigenvalue weighted by Crippen LogP contribution is -2.48. The molecule has 140 valence electrons. The number of benzene rings is 1. The molecular formula is C21H17N3O3S. The van der Waals surface area contributed by atoms with Crippen LogP contribution in [0.4, 0.5) is 5.69 Å². The Bertz CT molecular complexity index is 1040. The maximum absolute atomic E-state index is 12.9. The van der Waals surface area contributed by atoms with E-state index in [0.717, 1.165) is 10.6 Å². The molecule has 0 spiro atoms. The Kier molecular flexibility index (Phi) is 4.83. The minimum absolute atomic E-state index is 0.321. The average molecular weight is 391 g/mol. The number of pyridine rings is 2. The number of amides is 1. The molecule has 1 aliphatic heterocycles. The number of hydrogen-bond acceptors (Lipinski definition) is 6. The molecule has 0 saturated heterocycles. The van der Waals surface area contributed by atoms with Crippen LogP contribution < -0.4 is 5.32 Å². The fourth-order valence-corrected chi connectivity index (χ4v) is 3.75. The fourth-order valence-electron chi connectivity index (χ4n) is 2.98. The minimum atomic E-state index is -1.27. The van der Waals surface area contributed by atoms with Gasteiger partial charge in [-0.3, -0.25) is 4.79 Å². The van der Waals surface area contributed by atoms with Crippen LogP contribution in [0.3, 0.4) is 0 Å². The molecule has 1 amide bonds. The summed E-state index contributed by atoms with van der Waals surface area (Å²) in [4.78, 5) is 33.7. The molecule has 1 aliphatic rings. The van der Waals surface area contributed by atoms with Gasteiger partial charge in [-0.2, -0.15) is 0 Å². The predicted octanol–water partition coefficient (Wildman–Crippen LogP) is 3.74. The molecule has 1 N–H and O–H groups in total. The smallest absolute Gasteiger partial charge is 0.339 e. The molecule has 2 aromatic heterocycles. The number of hydrogen-bond donors (Lipinski definition) is 1. The van der Waals surface area contributed by atoms with E-state index in [4.69, 9.17) is 4.74 Å². The Labute approximate surface area is 166 Å². The summed E-state index contributed by atoms with van der Waals surface area (Å²) in [5.74, 6) is -0.865. The van der Waals surface area contributed by atoms with Gasteiger partial charge in [-0.25, -0.2) is 14.8 Å². The Balaban J connectivity index is 1.51. The molecule has 6 nitrogen and oxygen atoms in total. The summed E-state index contributed by atoms with van der Waals surface area (Å²) in [5, 5.41) is 4.35. The van der Waals surface area contributed by atoms with Crippen molar-refractivity contribution in [2.45, 2.75) is 29.0 Å². The van der Waals surface area contributed by atoms with Crippen molar-refractivity contribution < 1.29 is 14.3 Å². The first-order valence-electron chi connectivity index (χ1n) is 8.71. The normalized spacial score (nSPS) is 18.1. The summed E-state index contributed by atoms with van der Waals surface area (Å²) in [5.41, 5.74) is 0.612. The largest absolute Gasteiger partial charge is 0.445 e. The van der Waals surface area contributed by atoms with Crippen molar-refractivity contribution in [2.75, 3.05) is 5.32 Å². The van der Waals surface area contributed by atoms with E-state index in [1.165, 1.54) is 11.8 Å². The fraction of sp³-hybridized carbons (Fsp3) is 0.143. The first kappa shape index (κ1) is 18.2. The molecule has 3 aromatic rings. The maximum Gasteiger partial charge on any atom is 0.339 e. The number of esters is 1. The summed E-state index contributed by atoms with van der Waals surface area (Å²) in [6.07, 6.45) is 3.65. The van der Waals surface area contributed by atoms with E-state index >= 15 is 0 Å². The first-order valence-corrected chi connectivity index (χ1v) is 9.53. The SMILES string of the molecule is CC1(C(=O)Nc2ccnc(Sc3ccccn3)c2)Cc2ccccc2C(=O)O1. The molecule has 3 heterocycles. The maximum atomic E-state index is 12.9. The van der Waals surface area contributed by atoms with Gasteiger partial charge in [-0.1, -0.05) is 36.0 Å². The zero-order valence-electron chi connectivity index (χ0n) is 15.1. The number of ether oxygens (including phenoxy) is 1. The minimum Gasteiger partial charge on any atom is -0.445 e. The van der Waals surface area contributed by atoms with Crippen LogP contribution in [0.2, 0.25) is 0 Å². The molecule has 0 aliphatic carbocycles. The average Bonchev–Trinajstić information content (AvgIpc) is 2.69. The number of anilines is 1. The highest BCUT2D eigenvalue weighted by Gasteiger charge is 2.42. The van der Waals surface area contributed by atoms with Crippen molar-refractivity contribution in [3.8, 4) is 0 Å². The van der Waals surface area contributed by atoms with Crippen LogP contribution in [-0.2, 0) is 16.0 Å². The summed E-state index contributed by atoms with van der Waals surface area (Å²) in [7, 11) is 0. The van der Waals surface area contributed by atoms with E-state index in [2.05, 4.69) is 15.3 Å². The van der Waals surface area contributed by atoms with Gasteiger partial charge in [-0.15, -0.1) is 0 Å². The van der Waals surface area contributed by atoms with Gasteiger partial charge < -0.3 is 10.1 Å². The lowest BCUT2D eigenvalue weighted by atomic mass is 9.89. The second-order valence-electron chi connectivity index (χ2n) is 6.56. The van der Waals surface area contributed by atoms with Crippen molar-refractivity contribution in [2.24, 2.45) is 0 Å². The zero-order chi connectivity index (χ0) is 19.6. The number of fused-ring (bicyclic) bond motifs is 1. The number of nitrogens with zero attached hydrogens (tertiary/aromatic N) is 2. The Morgan fingerprint density at radius 2 is 1.86 bits per heavy atom. The standard InChI is InChI=1S/C21H17N3O3S/c1-21(13-14-6-2-3-7-16(14)19(25)27-21)20(26)24-15-9-11-23-18(12-15)28-17-8-4-5-10-22-17/h2-12H,13H2,1H3,(H,23,24,26). The Morgan fingerprint density at radius 3 is 2.68 bits per heavy atom. The van der Waals surface area contributed by atoms with Gasteiger partial charge in [0.1, 0.15) is 10.1 Å². The highest BCUT2D eigenvalue weighted by Crippen LogP contribution is 2.30. The molecule has 0 radical (unpaired) electrons. The van der Waals surface area contributed by atoms with E-state index in [9.17, 15) is 9.59 Å². The third-order valence-electron chi connectivity index (χ3n) is 4.40. The van der Waals surface area contributed by atoms with Crippen molar-refractivity contribution in [3.63, 3.8) is 0 Å². The van der Waals surface area contributed by atoms with Crippen LogP contribution in [-0.4, -0.2) is 27.4 Å². The number of aromatic nitrogens is 2. The zero-order valence-corrected chi connectivity index (χ0v) is 15.9. The van der Waals surface area contributed by atoms with Crippen LogP contribution in [0.25, 0.3) is 0 Å². The number of nitrogens with one attached hydrogen (secondary N) is 1. The third kappa shape index (κ3) is 3.75. The molecule has 1 unspecified atom stereocenters. The van der Waals surface area contributed by atoms with Crippen molar-refractivity contribution >= 4 is 29.3 Å². The second-order valence-corrected chi connectivity index (χ2v) is 7.60. The molecule has 1 aromatic carbocycles. The van der Waals surface area contributed by atoms with Crippen LogP contribution in [0.1, 0.15) is 22.8 Å².